The highest BCUT2D eigenvalue weighted by Gasteiger charge is 2.23. The van der Waals surface area contributed by atoms with E-state index >= 15 is 0 Å². The number of benzene rings is 1. The van der Waals surface area contributed by atoms with Gasteiger partial charge in [0.25, 0.3) is 0 Å². The number of halogens is 1. The van der Waals surface area contributed by atoms with Crippen molar-refractivity contribution in [1.82, 2.24) is 10.2 Å². The number of amides is 1. The van der Waals surface area contributed by atoms with E-state index in [1.165, 1.54) is 22.3 Å². The number of carbonyl (C=O) groups excluding carboxylic acids is 1. The molecule has 26 heavy (non-hydrogen) atoms. The highest BCUT2D eigenvalue weighted by Crippen LogP contribution is 2.20. The van der Waals surface area contributed by atoms with Crippen LogP contribution in [-0.4, -0.2) is 43.4 Å². The SMILES string of the molecule is CN=C(NCCc1c(C)cc(C)cc1C)N1CCCC(CC(N)=O)C1.I. The molecule has 0 aromatic heterocycles. The summed E-state index contributed by atoms with van der Waals surface area (Å²) < 4.78 is 0. The summed E-state index contributed by atoms with van der Waals surface area (Å²) in [5.74, 6) is 1.06. The maximum Gasteiger partial charge on any atom is 0.217 e. The van der Waals surface area contributed by atoms with Gasteiger partial charge in [-0.05, 0) is 62.6 Å². The topological polar surface area (TPSA) is 70.7 Å². The fourth-order valence-corrected chi connectivity index (χ4v) is 3.94. The van der Waals surface area contributed by atoms with Gasteiger partial charge in [0.05, 0.1) is 0 Å². The Bertz CT molecular complexity index is 622. The Morgan fingerprint density at radius 3 is 2.54 bits per heavy atom. The minimum atomic E-state index is -0.208. The molecule has 0 saturated carbocycles. The molecule has 0 bridgehead atoms. The molecule has 1 aliphatic heterocycles. The van der Waals surface area contributed by atoms with Crippen molar-refractivity contribution in [3.05, 3.63) is 34.4 Å². The number of aliphatic imine (C=N–C) groups is 1. The Kier molecular flexibility index (Phi) is 9.39. The normalized spacial score (nSPS) is 17.6. The van der Waals surface area contributed by atoms with Gasteiger partial charge in [0.15, 0.2) is 5.96 Å². The number of guanidine groups is 1. The summed E-state index contributed by atoms with van der Waals surface area (Å²) in [6.45, 7) is 9.20. The summed E-state index contributed by atoms with van der Waals surface area (Å²) in [6, 6.07) is 4.49. The smallest absolute Gasteiger partial charge is 0.217 e. The number of likely N-dealkylation sites (tertiary alicyclic amines) is 1. The Balaban J connectivity index is 0.00000338. The first-order valence-corrected chi connectivity index (χ1v) is 9.21. The summed E-state index contributed by atoms with van der Waals surface area (Å²) >= 11 is 0. The van der Waals surface area contributed by atoms with Gasteiger partial charge in [0.1, 0.15) is 0 Å². The van der Waals surface area contributed by atoms with Crippen molar-refractivity contribution in [1.29, 1.82) is 0 Å². The van der Waals surface area contributed by atoms with Crippen molar-refractivity contribution in [3.63, 3.8) is 0 Å². The molecule has 2 rings (SSSR count). The van der Waals surface area contributed by atoms with Crippen molar-refractivity contribution in [3.8, 4) is 0 Å². The van der Waals surface area contributed by atoms with E-state index in [0.717, 1.165) is 44.9 Å². The quantitative estimate of drug-likeness (QED) is 0.394. The molecule has 0 spiro atoms. The second-order valence-corrected chi connectivity index (χ2v) is 7.23. The minimum Gasteiger partial charge on any atom is -0.370 e. The van der Waals surface area contributed by atoms with Crippen LogP contribution in [0.3, 0.4) is 0 Å². The lowest BCUT2D eigenvalue weighted by Gasteiger charge is -2.34. The molecular formula is C20H33IN4O. The zero-order valence-corrected chi connectivity index (χ0v) is 18.8. The number of nitrogens with two attached hydrogens (primary N) is 1. The van der Waals surface area contributed by atoms with Gasteiger partial charge in [-0.1, -0.05) is 17.7 Å². The van der Waals surface area contributed by atoms with Crippen LogP contribution in [-0.2, 0) is 11.2 Å². The third kappa shape index (κ3) is 6.45. The zero-order chi connectivity index (χ0) is 18.4. The van der Waals surface area contributed by atoms with Gasteiger partial charge in [-0.2, -0.15) is 0 Å². The monoisotopic (exact) mass is 472 g/mol. The van der Waals surface area contributed by atoms with Crippen molar-refractivity contribution >= 4 is 35.8 Å². The maximum atomic E-state index is 11.2. The van der Waals surface area contributed by atoms with E-state index in [1.807, 2.05) is 7.05 Å². The summed E-state index contributed by atoms with van der Waals surface area (Å²) in [4.78, 5) is 17.9. The lowest BCUT2D eigenvalue weighted by molar-refractivity contribution is -0.119. The second-order valence-electron chi connectivity index (χ2n) is 7.23. The Hall–Kier alpha value is -1.31. The lowest BCUT2D eigenvalue weighted by Crippen LogP contribution is -2.47. The molecule has 1 unspecified atom stereocenters. The summed E-state index contributed by atoms with van der Waals surface area (Å²) in [5, 5.41) is 3.49. The molecule has 1 saturated heterocycles. The predicted octanol–water partition coefficient (Wildman–Crippen LogP) is 2.94. The molecule has 1 fully saturated rings. The number of carbonyl (C=O) groups is 1. The number of aryl methyl sites for hydroxylation is 3. The van der Waals surface area contributed by atoms with E-state index in [9.17, 15) is 4.79 Å². The summed E-state index contributed by atoms with van der Waals surface area (Å²) in [5.41, 5.74) is 10.8. The van der Waals surface area contributed by atoms with Gasteiger partial charge in [0.2, 0.25) is 5.91 Å². The number of nitrogens with one attached hydrogen (secondary N) is 1. The highest BCUT2D eigenvalue weighted by atomic mass is 127. The zero-order valence-electron chi connectivity index (χ0n) is 16.5. The van der Waals surface area contributed by atoms with Gasteiger partial charge in [-0.25, -0.2) is 0 Å². The summed E-state index contributed by atoms with van der Waals surface area (Å²) in [7, 11) is 1.82. The Labute approximate surface area is 174 Å². The van der Waals surface area contributed by atoms with E-state index in [4.69, 9.17) is 5.73 Å². The molecule has 1 aliphatic rings. The second kappa shape index (κ2) is 10.7. The van der Waals surface area contributed by atoms with E-state index in [2.05, 4.69) is 48.1 Å². The number of primary amides is 1. The molecule has 0 aliphatic carbocycles. The maximum absolute atomic E-state index is 11.2. The van der Waals surface area contributed by atoms with Gasteiger partial charge < -0.3 is 16.0 Å². The lowest BCUT2D eigenvalue weighted by atomic mass is 9.95. The summed E-state index contributed by atoms with van der Waals surface area (Å²) in [6.07, 6.45) is 3.60. The first kappa shape index (κ1) is 22.7. The van der Waals surface area contributed by atoms with Crippen LogP contribution in [0.2, 0.25) is 0 Å². The Morgan fingerprint density at radius 2 is 1.96 bits per heavy atom. The molecule has 1 aromatic carbocycles. The van der Waals surface area contributed by atoms with Gasteiger partial charge in [-0.15, -0.1) is 24.0 Å². The van der Waals surface area contributed by atoms with Crippen LogP contribution in [0.4, 0.5) is 0 Å². The number of hydrogen-bond donors (Lipinski definition) is 2. The molecule has 6 heteroatoms. The average molecular weight is 472 g/mol. The first-order valence-electron chi connectivity index (χ1n) is 9.21. The van der Waals surface area contributed by atoms with Gasteiger partial charge in [0, 0.05) is 33.1 Å². The highest BCUT2D eigenvalue weighted by molar-refractivity contribution is 14.0. The number of hydrogen-bond acceptors (Lipinski definition) is 2. The van der Waals surface area contributed by atoms with Crippen molar-refractivity contribution in [2.24, 2.45) is 16.6 Å². The predicted molar refractivity (Wildman–Crippen MR) is 119 cm³/mol. The molecule has 0 radical (unpaired) electrons. The van der Waals surface area contributed by atoms with Gasteiger partial charge >= 0.3 is 0 Å². The van der Waals surface area contributed by atoms with E-state index in [1.54, 1.807) is 0 Å². The largest absolute Gasteiger partial charge is 0.370 e. The van der Waals surface area contributed by atoms with Crippen LogP contribution in [0.15, 0.2) is 17.1 Å². The molecule has 1 aromatic rings. The van der Waals surface area contributed by atoms with Crippen molar-refractivity contribution in [2.75, 3.05) is 26.7 Å². The third-order valence-electron chi connectivity index (χ3n) is 5.02. The molecule has 1 atom stereocenters. The van der Waals surface area contributed by atoms with Crippen LogP contribution in [0.25, 0.3) is 0 Å². The number of piperidine rings is 1. The van der Waals surface area contributed by atoms with Crippen LogP contribution >= 0.6 is 24.0 Å². The third-order valence-corrected chi connectivity index (χ3v) is 5.02. The van der Waals surface area contributed by atoms with Crippen molar-refractivity contribution < 1.29 is 4.79 Å². The van der Waals surface area contributed by atoms with E-state index in [-0.39, 0.29) is 29.9 Å². The Morgan fingerprint density at radius 1 is 1.31 bits per heavy atom. The van der Waals surface area contributed by atoms with Crippen LogP contribution in [0, 0.1) is 26.7 Å². The van der Waals surface area contributed by atoms with Crippen LogP contribution in [0.5, 0.6) is 0 Å². The van der Waals surface area contributed by atoms with Crippen LogP contribution in [0.1, 0.15) is 41.5 Å². The number of rotatable bonds is 5. The molecule has 1 amide bonds. The molecule has 1 heterocycles. The van der Waals surface area contributed by atoms with E-state index in [0.29, 0.717) is 12.3 Å². The first-order chi connectivity index (χ1) is 11.9. The van der Waals surface area contributed by atoms with Crippen molar-refractivity contribution in [2.45, 2.75) is 46.5 Å². The minimum absolute atomic E-state index is 0. The van der Waals surface area contributed by atoms with Crippen LogP contribution < -0.4 is 11.1 Å². The fraction of sp³-hybridized carbons (Fsp3) is 0.600. The standard InChI is InChI=1S/C20H32N4O.HI/c1-14-10-15(2)18(16(3)11-14)7-8-23-20(22-4)24-9-5-6-17(13-24)12-19(21)25;/h10-11,17H,5-9,12-13H2,1-4H3,(H2,21,25)(H,22,23);1H. The molecule has 3 N–H and O–H groups in total. The van der Waals surface area contributed by atoms with E-state index < -0.39 is 0 Å². The average Bonchev–Trinajstić information content (AvgIpc) is 2.53. The number of nitrogens with zero attached hydrogens (tertiary/aromatic N) is 2. The fourth-order valence-electron chi connectivity index (χ4n) is 3.94. The van der Waals surface area contributed by atoms with Gasteiger partial charge in [-0.3, -0.25) is 9.79 Å². The molecule has 5 nitrogen and oxygen atoms in total. The molecule has 146 valence electrons. The molecular weight excluding hydrogens is 439 g/mol.